The van der Waals surface area contributed by atoms with Crippen LogP contribution >= 0.6 is 0 Å². The molecule has 2 aliphatic heterocycles. The Morgan fingerprint density at radius 2 is 0.848 bits per heavy atom. The van der Waals surface area contributed by atoms with E-state index in [1.807, 2.05) is 48.5 Å². The first-order valence-electron chi connectivity index (χ1n) is 17.1. The lowest BCUT2D eigenvalue weighted by Gasteiger charge is -2.40. The number of ether oxygens (including phenoxy) is 2. The van der Waals surface area contributed by atoms with Crippen molar-refractivity contribution >= 4 is 0 Å². The van der Waals surface area contributed by atoms with Crippen LogP contribution < -0.4 is 20.9 Å². The molecule has 2 saturated heterocycles. The first-order chi connectivity index (χ1) is 22.6. The van der Waals surface area contributed by atoms with Crippen LogP contribution in [-0.4, -0.2) is 36.0 Å². The standard InChI is InChI=1S/C40H50N4O2/c41-25-31-7-11-39(12-8-31)45-29-35-5-1-3-33(23-35)27-43-19-15-37(16-20-43)38-17-21-44(22-18-38)28-34-4-2-6-36(24-34)30-46-40-13-9-32(26-42)10-14-40/h1-14,23-24,37-38H,15-22,25-30,41-42H2. The van der Waals surface area contributed by atoms with Gasteiger partial charge in [-0.05, 0) is 121 Å². The van der Waals surface area contributed by atoms with Gasteiger partial charge in [0.05, 0.1) is 0 Å². The Bertz CT molecular complexity index is 1380. The molecular formula is C40H50N4O2. The normalized spacial score (nSPS) is 16.8. The molecule has 46 heavy (non-hydrogen) atoms. The molecule has 6 nitrogen and oxygen atoms in total. The molecule has 4 aromatic rings. The molecule has 0 aromatic heterocycles. The first-order valence-corrected chi connectivity index (χ1v) is 17.1. The topological polar surface area (TPSA) is 77.0 Å². The lowest BCUT2D eigenvalue weighted by Crippen LogP contribution is -2.40. The zero-order chi connectivity index (χ0) is 31.6. The highest BCUT2D eigenvalue weighted by Gasteiger charge is 2.29. The van der Waals surface area contributed by atoms with Crippen molar-refractivity contribution in [2.24, 2.45) is 23.3 Å². The van der Waals surface area contributed by atoms with Crippen LogP contribution in [0.25, 0.3) is 0 Å². The van der Waals surface area contributed by atoms with E-state index in [4.69, 9.17) is 20.9 Å². The largest absolute Gasteiger partial charge is 0.489 e. The maximum absolute atomic E-state index is 6.03. The monoisotopic (exact) mass is 618 g/mol. The number of likely N-dealkylation sites (tertiary alicyclic amines) is 2. The van der Waals surface area contributed by atoms with Gasteiger partial charge in [0.25, 0.3) is 0 Å². The number of rotatable bonds is 13. The van der Waals surface area contributed by atoms with Crippen LogP contribution in [0.5, 0.6) is 11.5 Å². The van der Waals surface area contributed by atoms with Crippen molar-refractivity contribution in [3.63, 3.8) is 0 Å². The van der Waals surface area contributed by atoms with Crippen LogP contribution in [0, 0.1) is 11.8 Å². The van der Waals surface area contributed by atoms with Crippen LogP contribution in [0.15, 0.2) is 97.1 Å². The van der Waals surface area contributed by atoms with Gasteiger partial charge in [-0.3, -0.25) is 9.80 Å². The molecule has 2 heterocycles. The Kier molecular flexibility index (Phi) is 11.4. The molecule has 0 saturated carbocycles. The summed E-state index contributed by atoms with van der Waals surface area (Å²) in [5.74, 6) is 3.50. The van der Waals surface area contributed by atoms with Crippen molar-refractivity contribution in [1.82, 2.24) is 9.80 Å². The predicted molar refractivity (Wildman–Crippen MR) is 186 cm³/mol. The third-order valence-electron chi connectivity index (χ3n) is 9.86. The van der Waals surface area contributed by atoms with Crippen molar-refractivity contribution in [1.29, 1.82) is 0 Å². The van der Waals surface area contributed by atoms with Gasteiger partial charge < -0.3 is 20.9 Å². The Balaban J connectivity index is 0.901. The van der Waals surface area contributed by atoms with Gasteiger partial charge >= 0.3 is 0 Å². The minimum absolute atomic E-state index is 0.555. The number of piperidine rings is 2. The van der Waals surface area contributed by atoms with Crippen molar-refractivity contribution in [2.75, 3.05) is 26.2 Å². The van der Waals surface area contributed by atoms with Crippen molar-refractivity contribution in [3.05, 3.63) is 130 Å². The molecule has 6 rings (SSSR count). The molecular weight excluding hydrogens is 568 g/mol. The van der Waals surface area contributed by atoms with Gasteiger partial charge in [-0.1, -0.05) is 72.8 Å². The maximum atomic E-state index is 6.03. The highest BCUT2D eigenvalue weighted by atomic mass is 16.5. The second kappa shape index (κ2) is 16.2. The molecule has 0 bridgehead atoms. The number of hydrogen-bond acceptors (Lipinski definition) is 6. The van der Waals surface area contributed by atoms with Gasteiger partial charge in [0.2, 0.25) is 0 Å². The fraction of sp³-hybridized carbons (Fsp3) is 0.400. The Labute approximate surface area is 275 Å². The number of nitrogens with two attached hydrogens (primary N) is 2. The summed E-state index contributed by atoms with van der Waals surface area (Å²) < 4.78 is 12.1. The Morgan fingerprint density at radius 1 is 0.478 bits per heavy atom. The maximum Gasteiger partial charge on any atom is 0.119 e. The van der Waals surface area contributed by atoms with Crippen molar-refractivity contribution in [2.45, 2.75) is 65.1 Å². The van der Waals surface area contributed by atoms with Crippen LogP contribution in [0.2, 0.25) is 0 Å². The SMILES string of the molecule is NCc1ccc(OCc2cccc(CN3CCC(C4CCN(Cc5cccc(COc6ccc(CN)cc6)c5)CC4)CC3)c2)cc1. The molecule has 2 aliphatic rings. The van der Waals surface area contributed by atoms with Crippen LogP contribution in [0.1, 0.15) is 59.1 Å². The van der Waals surface area contributed by atoms with Crippen molar-refractivity contribution < 1.29 is 9.47 Å². The summed E-state index contributed by atoms with van der Waals surface area (Å²) in [5, 5.41) is 0. The van der Waals surface area contributed by atoms with E-state index in [0.29, 0.717) is 26.3 Å². The van der Waals surface area contributed by atoms with Crippen LogP contribution in [0.4, 0.5) is 0 Å². The second-order valence-corrected chi connectivity index (χ2v) is 13.1. The predicted octanol–water partition coefficient (Wildman–Crippen LogP) is 6.89. The number of benzene rings is 4. The van der Waals surface area contributed by atoms with Crippen LogP contribution in [-0.2, 0) is 39.4 Å². The smallest absolute Gasteiger partial charge is 0.119 e. The molecule has 242 valence electrons. The highest BCUT2D eigenvalue weighted by molar-refractivity contribution is 5.30. The van der Waals surface area contributed by atoms with Gasteiger partial charge in [0, 0.05) is 26.2 Å². The third kappa shape index (κ3) is 9.20. The lowest BCUT2D eigenvalue weighted by molar-refractivity contribution is 0.0909. The van der Waals surface area contributed by atoms with Gasteiger partial charge in [0.1, 0.15) is 24.7 Å². The summed E-state index contributed by atoms with van der Waals surface area (Å²) in [5.41, 5.74) is 18.9. The van der Waals surface area contributed by atoms with Crippen LogP contribution in [0.3, 0.4) is 0 Å². The summed E-state index contributed by atoms with van der Waals surface area (Å²) >= 11 is 0. The summed E-state index contributed by atoms with van der Waals surface area (Å²) in [6, 6.07) is 33.9. The molecule has 0 radical (unpaired) electrons. The Hall–Kier alpha value is -3.68. The summed E-state index contributed by atoms with van der Waals surface area (Å²) in [4.78, 5) is 5.28. The Morgan fingerprint density at radius 3 is 1.22 bits per heavy atom. The number of nitrogens with zero attached hydrogens (tertiary/aromatic N) is 2. The first kappa shape index (κ1) is 32.3. The second-order valence-electron chi connectivity index (χ2n) is 13.1. The third-order valence-corrected chi connectivity index (χ3v) is 9.86. The molecule has 0 unspecified atom stereocenters. The minimum Gasteiger partial charge on any atom is -0.489 e. The molecule has 0 amide bonds. The van der Waals surface area contributed by atoms with E-state index in [0.717, 1.165) is 47.6 Å². The van der Waals surface area contributed by atoms with E-state index in [2.05, 4.69) is 58.3 Å². The van der Waals surface area contributed by atoms with Gasteiger partial charge in [0.15, 0.2) is 0 Å². The lowest BCUT2D eigenvalue weighted by atomic mass is 9.78. The zero-order valence-electron chi connectivity index (χ0n) is 27.2. The van der Waals surface area contributed by atoms with E-state index in [-0.39, 0.29) is 0 Å². The van der Waals surface area contributed by atoms with E-state index in [1.54, 1.807) is 0 Å². The molecule has 4 aromatic carbocycles. The van der Waals surface area contributed by atoms with E-state index in [1.165, 1.54) is 74.1 Å². The van der Waals surface area contributed by atoms with Gasteiger partial charge in [-0.25, -0.2) is 0 Å². The van der Waals surface area contributed by atoms with Gasteiger partial charge in [-0.2, -0.15) is 0 Å². The van der Waals surface area contributed by atoms with Crippen molar-refractivity contribution in [3.8, 4) is 11.5 Å². The minimum atomic E-state index is 0.555. The summed E-state index contributed by atoms with van der Waals surface area (Å²) in [6.07, 6.45) is 5.29. The van der Waals surface area contributed by atoms with E-state index < -0.39 is 0 Å². The fourth-order valence-electron chi connectivity index (χ4n) is 7.09. The molecule has 2 fully saturated rings. The summed E-state index contributed by atoms with van der Waals surface area (Å²) in [7, 11) is 0. The van der Waals surface area contributed by atoms with E-state index >= 15 is 0 Å². The molecule has 0 spiro atoms. The average Bonchev–Trinajstić information content (AvgIpc) is 3.11. The summed E-state index contributed by atoms with van der Waals surface area (Å²) in [6.45, 7) is 9.12. The van der Waals surface area contributed by atoms with E-state index in [9.17, 15) is 0 Å². The highest BCUT2D eigenvalue weighted by Crippen LogP contribution is 2.33. The molecule has 4 N–H and O–H groups in total. The zero-order valence-corrected chi connectivity index (χ0v) is 27.2. The fourth-order valence-corrected chi connectivity index (χ4v) is 7.09. The number of hydrogen-bond donors (Lipinski definition) is 2. The molecule has 6 heteroatoms. The quantitative estimate of drug-likeness (QED) is 0.170. The average molecular weight is 619 g/mol. The van der Waals surface area contributed by atoms with Gasteiger partial charge in [-0.15, -0.1) is 0 Å². The molecule has 0 atom stereocenters. The molecule has 0 aliphatic carbocycles.